The van der Waals surface area contributed by atoms with Crippen LogP contribution in [0.3, 0.4) is 0 Å². The molecule has 3 aromatic rings. The lowest BCUT2D eigenvalue weighted by Gasteiger charge is -2.09. The number of hydrogen-bond acceptors (Lipinski definition) is 4. The summed E-state index contributed by atoms with van der Waals surface area (Å²) in [5, 5.41) is 5.21. The maximum atomic E-state index is 12.1. The Morgan fingerprint density at radius 2 is 1.43 bits per heavy atom. The third-order valence-corrected chi connectivity index (χ3v) is 4.43. The fraction of sp³-hybridized carbons (Fsp3) is 0.167. The van der Waals surface area contributed by atoms with E-state index in [0.29, 0.717) is 31.0 Å². The molecule has 0 radical (unpaired) electrons. The summed E-state index contributed by atoms with van der Waals surface area (Å²) in [6, 6.07) is 24.3. The Morgan fingerprint density at radius 1 is 0.767 bits per heavy atom. The van der Waals surface area contributed by atoms with Gasteiger partial charge in [0, 0.05) is 12.2 Å². The number of methoxy groups -OCH3 is 1. The second kappa shape index (κ2) is 10.7. The molecule has 3 rings (SSSR count). The van der Waals surface area contributed by atoms with Gasteiger partial charge in [-0.05, 0) is 53.9 Å². The van der Waals surface area contributed by atoms with E-state index in [-0.39, 0.29) is 0 Å². The maximum Gasteiger partial charge on any atom is 0.313 e. The Labute approximate surface area is 175 Å². The molecule has 154 valence electrons. The highest BCUT2D eigenvalue weighted by Crippen LogP contribution is 2.17. The van der Waals surface area contributed by atoms with Crippen LogP contribution in [-0.4, -0.2) is 25.5 Å². The number of ether oxygens (including phenoxy) is 2. The molecular formula is C24H24N2O4. The van der Waals surface area contributed by atoms with Crippen LogP contribution in [0.25, 0.3) is 0 Å². The first-order chi connectivity index (χ1) is 14.6. The lowest BCUT2D eigenvalue weighted by atomic mass is 10.1. The van der Waals surface area contributed by atoms with Crippen LogP contribution in [-0.2, 0) is 22.6 Å². The summed E-state index contributed by atoms with van der Waals surface area (Å²) in [5.41, 5.74) is 2.64. The number of hydrogen-bond donors (Lipinski definition) is 2. The predicted octanol–water partition coefficient (Wildman–Crippen LogP) is 3.57. The van der Waals surface area contributed by atoms with Gasteiger partial charge in [-0.2, -0.15) is 0 Å². The van der Waals surface area contributed by atoms with E-state index < -0.39 is 11.8 Å². The first-order valence-corrected chi connectivity index (χ1v) is 9.63. The molecular weight excluding hydrogens is 380 g/mol. The molecule has 0 heterocycles. The fourth-order valence-corrected chi connectivity index (χ4v) is 2.76. The van der Waals surface area contributed by atoms with E-state index >= 15 is 0 Å². The summed E-state index contributed by atoms with van der Waals surface area (Å²) >= 11 is 0. The van der Waals surface area contributed by atoms with Gasteiger partial charge in [-0.1, -0.05) is 42.5 Å². The molecule has 0 spiro atoms. The summed E-state index contributed by atoms with van der Waals surface area (Å²) in [5.74, 6) is 0.0787. The molecule has 0 saturated carbocycles. The van der Waals surface area contributed by atoms with Gasteiger partial charge in [-0.15, -0.1) is 0 Å². The van der Waals surface area contributed by atoms with Crippen LogP contribution in [0, 0.1) is 0 Å². The molecule has 6 nitrogen and oxygen atoms in total. The number of amides is 2. The predicted molar refractivity (Wildman–Crippen MR) is 116 cm³/mol. The summed E-state index contributed by atoms with van der Waals surface area (Å²) in [6.45, 7) is 0.827. The molecule has 0 aliphatic carbocycles. The van der Waals surface area contributed by atoms with Gasteiger partial charge < -0.3 is 20.1 Å². The number of benzene rings is 3. The van der Waals surface area contributed by atoms with E-state index in [2.05, 4.69) is 10.6 Å². The van der Waals surface area contributed by atoms with Crippen molar-refractivity contribution >= 4 is 17.5 Å². The van der Waals surface area contributed by atoms with Crippen LogP contribution < -0.4 is 20.1 Å². The van der Waals surface area contributed by atoms with Gasteiger partial charge in [0.1, 0.15) is 18.1 Å². The van der Waals surface area contributed by atoms with Crippen LogP contribution in [0.15, 0.2) is 78.9 Å². The Balaban J connectivity index is 1.41. The van der Waals surface area contributed by atoms with Crippen molar-refractivity contribution in [1.29, 1.82) is 0 Å². The number of carbonyl (C=O) groups is 2. The lowest BCUT2D eigenvalue weighted by molar-refractivity contribution is -0.136. The van der Waals surface area contributed by atoms with Crippen LogP contribution in [0.5, 0.6) is 11.5 Å². The second-order valence-corrected chi connectivity index (χ2v) is 6.61. The molecule has 0 fully saturated rings. The Bertz CT molecular complexity index is 955. The van der Waals surface area contributed by atoms with Crippen molar-refractivity contribution in [1.82, 2.24) is 5.32 Å². The van der Waals surface area contributed by atoms with Crippen LogP contribution in [0.4, 0.5) is 5.69 Å². The molecule has 6 heteroatoms. The monoisotopic (exact) mass is 404 g/mol. The molecule has 3 aromatic carbocycles. The summed E-state index contributed by atoms with van der Waals surface area (Å²) in [7, 11) is 1.61. The summed E-state index contributed by atoms with van der Waals surface area (Å²) in [6.07, 6.45) is 0.621. The zero-order valence-corrected chi connectivity index (χ0v) is 16.8. The zero-order chi connectivity index (χ0) is 21.2. The van der Waals surface area contributed by atoms with Gasteiger partial charge >= 0.3 is 11.8 Å². The number of nitrogens with one attached hydrogen (secondary N) is 2. The molecule has 30 heavy (non-hydrogen) atoms. The smallest absolute Gasteiger partial charge is 0.313 e. The third-order valence-electron chi connectivity index (χ3n) is 4.43. The number of anilines is 1. The van der Waals surface area contributed by atoms with E-state index in [1.54, 1.807) is 31.4 Å². The summed E-state index contributed by atoms with van der Waals surface area (Å²) < 4.78 is 10.8. The molecule has 0 aromatic heterocycles. The number of carbonyl (C=O) groups excluding carboxylic acids is 2. The average Bonchev–Trinajstić information content (AvgIpc) is 2.79. The summed E-state index contributed by atoms with van der Waals surface area (Å²) in [4.78, 5) is 24.1. The van der Waals surface area contributed by atoms with Crippen molar-refractivity contribution in [3.8, 4) is 11.5 Å². The van der Waals surface area contributed by atoms with E-state index in [1.165, 1.54) is 0 Å². The van der Waals surface area contributed by atoms with Crippen LogP contribution >= 0.6 is 0 Å². The van der Waals surface area contributed by atoms with Gasteiger partial charge in [0.2, 0.25) is 0 Å². The molecule has 0 atom stereocenters. The zero-order valence-electron chi connectivity index (χ0n) is 16.8. The highest BCUT2D eigenvalue weighted by molar-refractivity contribution is 6.39. The van der Waals surface area contributed by atoms with E-state index in [0.717, 1.165) is 16.9 Å². The Kier molecular flexibility index (Phi) is 7.44. The second-order valence-electron chi connectivity index (χ2n) is 6.61. The van der Waals surface area contributed by atoms with E-state index in [1.807, 2.05) is 54.6 Å². The standard InChI is InChI=1S/C24H24N2O4/c1-29-21-11-7-18(8-12-21)15-16-25-23(27)24(28)26-20-9-13-22(14-10-20)30-17-19-5-3-2-4-6-19/h2-14H,15-17H2,1H3,(H,25,27)(H,26,28). The van der Waals surface area contributed by atoms with Gasteiger partial charge in [-0.3, -0.25) is 9.59 Å². The van der Waals surface area contributed by atoms with Crippen molar-refractivity contribution in [2.75, 3.05) is 19.0 Å². The van der Waals surface area contributed by atoms with Crippen LogP contribution in [0.1, 0.15) is 11.1 Å². The minimum absolute atomic E-state index is 0.366. The van der Waals surface area contributed by atoms with E-state index in [4.69, 9.17) is 9.47 Å². The van der Waals surface area contributed by atoms with Crippen molar-refractivity contribution < 1.29 is 19.1 Å². The number of rotatable bonds is 8. The molecule has 0 unspecified atom stereocenters. The van der Waals surface area contributed by atoms with Gasteiger partial charge in [0.05, 0.1) is 7.11 Å². The fourth-order valence-electron chi connectivity index (χ4n) is 2.76. The Hall–Kier alpha value is -3.80. The topological polar surface area (TPSA) is 76.7 Å². The van der Waals surface area contributed by atoms with Gasteiger partial charge in [-0.25, -0.2) is 0 Å². The normalized spacial score (nSPS) is 10.2. The quantitative estimate of drug-likeness (QED) is 0.563. The lowest BCUT2D eigenvalue weighted by Crippen LogP contribution is -2.36. The minimum Gasteiger partial charge on any atom is -0.497 e. The molecule has 0 saturated heterocycles. The van der Waals surface area contributed by atoms with Crippen LogP contribution in [0.2, 0.25) is 0 Å². The first-order valence-electron chi connectivity index (χ1n) is 9.63. The molecule has 2 N–H and O–H groups in total. The largest absolute Gasteiger partial charge is 0.497 e. The maximum absolute atomic E-state index is 12.1. The van der Waals surface area contributed by atoms with E-state index in [9.17, 15) is 9.59 Å². The SMILES string of the molecule is COc1ccc(CCNC(=O)C(=O)Nc2ccc(OCc3ccccc3)cc2)cc1. The molecule has 0 bridgehead atoms. The molecule has 2 amide bonds. The highest BCUT2D eigenvalue weighted by Gasteiger charge is 2.13. The van der Waals surface area contributed by atoms with Crippen molar-refractivity contribution in [2.24, 2.45) is 0 Å². The van der Waals surface area contributed by atoms with Gasteiger partial charge in [0.15, 0.2) is 0 Å². The van der Waals surface area contributed by atoms with Crippen molar-refractivity contribution in [2.45, 2.75) is 13.0 Å². The van der Waals surface area contributed by atoms with Crippen molar-refractivity contribution in [3.63, 3.8) is 0 Å². The molecule has 0 aliphatic heterocycles. The average molecular weight is 404 g/mol. The van der Waals surface area contributed by atoms with Crippen molar-refractivity contribution in [3.05, 3.63) is 90.0 Å². The highest BCUT2D eigenvalue weighted by atomic mass is 16.5. The molecule has 0 aliphatic rings. The first kappa shape index (κ1) is 20.9. The Morgan fingerprint density at radius 3 is 2.10 bits per heavy atom. The third kappa shape index (κ3) is 6.38. The minimum atomic E-state index is -0.706. The van der Waals surface area contributed by atoms with Gasteiger partial charge in [0.25, 0.3) is 0 Å².